The number of fused-ring (bicyclic) bond motifs is 4. The van der Waals surface area contributed by atoms with Gasteiger partial charge in [-0.3, -0.25) is 33.6 Å². The first-order valence-electron chi connectivity index (χ1n) is 41.9. The lowest BCUT2D eigenvalue weighted by Gasteiger charge is -2.42. The fourth-order valence-corrected chi connectivity index (χ4v) is 14.8. The molecule has 4 fully saturated rings. The number of likely N-dealkylation sites (tertiary alicyclic amines) is 3. The summed E-state index contributed by atoms with van der Waals surface area (Å²) in [7, 11) is 0. The highest BCUT2D eigenvalue weighted by Crippen LogP contribution is 2.41. The summed E-state index contributed by atoms with van der Waals surface area (Å²) in [6.45, 7) is 18.0. The molecule has 5 N–H and O–H groups in total. The Labute approximate surface area is 756 Å². The number of carbonyl (C=O) groups excluding carboxylic acids is 7. The first kappa shape index (κ1) is 97.6. The van der Waals surface area contributed by atoms with Crippen LogP contribution >= 0.6 is 12.1 Å². The van der Waals surface area contributed by atoms with E-state index >= 15 is 0 Å². The zero-order valence-corrected chi connectivity index (χ0v) is 73.3. The van der Waals surface area contributed by atoms with Crippen LogP contribution in [0.5, 0.6) is 46.0 Å². The van der Waals surface area contributed by atoms with Gasteiger partial charge in [0.1, 0.15) is 46.0 Å². The van der Waals surface area contributed by atoms with Gasteiger partial charge in [0, 0.05) is 183 Å². The third-order valence-corrected chi connectivity index (χ3v) is 23.2. The zero-order valence-electron chi connectivity index (χ0n) is 72.5. The minimum Gasteiger partial charge on any atom is -0.457 e. The Morgan fingerprint density at radius 1 is 0.318 bits per heavy atom. The molecule has 0 aliphatic carbocycles. The summed E-state index contributed by atoms with van der Waals surface area (Å²) in [6.07, 6.45) is -16.2. The molecule has 0 spiro atoms. The van der Waals surface area contributed by atoms with Gasteiger partial charge in [0.25, 0.3) is 23.6 Å². The summed E-state index contributed by atoms with van der Waals surface area (Å²) in [5, 5.41) is 21.3. The number of carbonyl (C=O) groups is 7. The molecule has 4 atom stereocenters. The van der Waals surface area contributed by atoms with Gasteiger partial charge >= 0.3 is 24.7 Å². The van der Waals surface area contributed by atoms with E-state index in [0.29, 0.717) is 96.2 Å². The van der Waals surface area contributed by atoms with Crippen LogP contribution < -0.4 is 45.5 Å². The average molecular weight is 1850 g/mol. The standard InChI is InChI=1S/3C25H23F3N2O3.C23H21F3N2O2.CH3FS/c3*1-15(19-13-30(14-19)16(2)31)29-24(32)18-6-11-22-17(12-18)4-3-5-23(22)33-21-9-7-20(8-10-21)25(26,27)28;1-14(17-12-27-13-17)28-22(29)16-5-10-20-15(11-16)3-2-4-21(20)30-19-8-6-18(7-9-19)23(24,25)26;1-3-2/h3*3-12,15,19H,13-14H2,1-2H3,(H,29,32);2-11,14,17,27H,12-13H2,1H3,(H,28,29);1H3/t2*15-;;;/m10.../s1. The predicted octanol–water partition coefficient (Wildman–Crippen LogP) is 22.0. The first-order chi connectivity index (χ1) is 62.6. The molecule has 4 heterocycles. The molecule has 33 heteroatoms. The lowest BCUT2D eigenvalue weighted by molar-refractivity contribution is -0.138. The van der Waals surface area contributed by atoms with Crippen LogP contribution in [0, 0.1) is 23.7 Å². The largest absolute Gasteiger partial charge is 0.457 e. The lowest BCUT2D eigenvalue weighted by Crippen LogP contribution is -2.56. The molecule has 132 heavy (non-hydrogen) atoms. The first-order valence-corrected chi connectivity index (χ1v) is 43.1. The summed E-state index contributed by atoms with van der Waals surface area (Å²) in [5.74, 6) is 3.56. The highest BCUT2D eigenvalue weighted by molar-refractivity contribution is 7.93. The number of halogens is 13. The number of hydrogen-bond donors (Lipinski definition) is 5. The quantitative estimate of drug-likeness (QED) is 0.0448. The maximum Gasteiger partial charge on any atom is 0.416 e. The van der Waals surface area contributed by atoms with Crippen LogP contribution in [0.2, 0.25) is 0 Å². The molecule has 4 saturated heterocycles. The van der Waals surface area contributed by atoms with Crippen molar-refractivity contribution >= 4 is 96.6 Å². The van der Waals surface area contributed by atoms with Gasteiger partial charge in [0.2, 0.25) is 17.7 Å². The molecule has 7 amide bonds. The molecule has 0 bridgehead atoms. The Kier molecular flexibility index (Phi) is 31.2. The third-order valence-electron chi connectivity index (χ3n) is 23.2. The smallest absolute Gasteiger partial charge is 0.416 e. The molecule has 0 radical (unpaired) electrons. The van der Waals surface area contributed by atoms with E-state index in [1.807, 2.05) is 52.0 Å². The zero-order chi connectivity index (χ0) is 95.3. The maximum absolute atomic E-state index is 12.8. The van der Waals surface area contributed by atoms with Crippen molar-refractivity contribution in [3.8, 4) is 46.0 Å². The fraction of sp³-hybridized carbons (Fsp3) is 0.283. The third kappa shape index (κ3) is 25.2. The van der Waals surface area contributed by atoms with E-state index in [1.54, 1.807) is 136 Å². The van der Waals surface area contributed by atoms with Crippen molar-refractivity contribution in [1.82, 2.24) is 41.3 Å². The van der Waals surface area contributed by atoms with Gasteiger partial charge in [-0.25, -0.2) is 0 Å². The second kappa shape index (κ2) is 42.2. The van der Waals surface area contributed by atoms with E-state index < -0.39 is 47.0 Å². The van der Waals surface area contributed by atoms with Gasteiger partial charge in [-0.1, -0.05) is 48.5 Å². The van der Waals surface area contributed by atoms with E-state index in [4.69, 9.17) is 18.9 Å². The monoisotopic (exact) mass is 1850 g/mol. The topological polar surface area (TPSA) is 226 Å². The number of alkyl halides is 12. The van der Waals surface area contributed by atoms with Crippen molar-refractivity contribution in [2.45, 2.75) is 97.3 Å². The van der Waals surface area contributed by atoms with Gasteiger partial charge in [-0.05, 0) is 243 Å². The molecule has 12 aromatic carbocycles. The van der Waals surface area contributed by atoms with Crippen LogP contribution in [0.15, 0.2) is 243 Å². The predicted molar refractivity (Wildman–Crippen MR) is 478 cm³/mol. The van der Waals surface area contributed by atoms with Crippen molar-refractivity contribution in [1.29, 1.82) is 0 Å². The van der Waals surface area contributed by atoms with Gasteiger partial charge < -0.3 is 60.2 Å². The minimum absolute atomic E-state index is 0.0358. The highest BCUT2D eigenvalue weighted by Gasteiger charge is 2.39. The number of nitrogens with zero attached hydrogens (tertiary/aromatic N) is 3. The van der Waals surface area contributed by atoms with Crippen LogP contribution in [-0.4, -0.2) is 139 Å². The van der Waals surface area contributed by atoms with Crippen LogP contribution in [0.1, 0.15) is 112 Å². The Hall–Kier alpha value is -13.4. The van der Waals surface area contributed by atoms with Crippen molar-refractivity contribution in [3.05, 3.63) is 287 Å². The maximum atomic E-state index is 12.8. The second-order valence-electron chi connectivity index (χ2n) is 32.4. The number of hydrogen-bond acceptors (Lipinski definition) is 13. The molecule has 4 aliphatic rings. The van der Waals surface area contributed by atoms with Crippen molar-refractivity contribution < 1.29 is 109 Å². The van der Waals surface area contributed by atoms with Crippen LogP contribution in [0.4, 0.5) is 56.6 Å². The van der Waals surface area contributed by atoms with Crippen LogP contribution in [0.3, 0.4) is 0 Å². The van der Waals surface area contributed by atoms with Gasteiger partial charge in [0.05, 0.1) is 22.3 Å². The van der Waals surface area contributed by atoms with Gasteiger partial charge in [-0.15, -0.1) is 0 Å². The minimum atomic E-state index is -4.40. The molecule has 0 saturated carbocycles. The highest BCUT2D eigenvalue weighted by atomic mass is 32.2. The summed E-state index contributed by atoms with van der Waals surface area (Å²) < 4.78 is 186. The summed E-state index contributed by atoms with van der Waals surface area (Å²) >= 11 is 0.250. The molecule has 16 rings (SSSR count). The number of amides is 7. The van der Waals surface area contributed by atoms with Gasteiger partial charge in [0.15, 0.2) is 0 Å². The van der Waals surface area contributed by atoms with Gasteiger partial charge in [-0.2, -0.15) is 56.6 Å². The van der Waals surface area contributed by atoms with Crippen molar-refractivity contribution in [2.24, 2.45) is 23.7 Å². The Morgan fingerprint density at radius 2 is 0.515 bits per heavy atom. The van der Waals surface area contributed by atoms with Crippen molar-refractivity contribution in [3.63, 3.8) is 0 Å². The summed E-state index contributed by atoms with van der Waals surface area (Å²) in [5.41, 5.74) is -0.935. The number of ether oxygens (including phenoxy) is 4. The fourth-order valence-electron chi connectivity index (χ4n) is 14.8. The van der Waals surface area contributed by atoms with E-state index in [9.17, 15) is 90.1 Å². The molecular weight excluding hydrogens is 1760 g/mol. The van der Waals surface area contributed by atoms with E-state index in [1.165, 1.54) is 75.6 Å². The number of benzene rings is 12. The Balaban J connectivity index is 0.000000157. The Morgan fingerprint density at radius 3 is 0.689 bits per heavy atom. The van der Waals surface area contributed by atoms with Crippen LogP contribution in [0.25, 0.3) is 43.1 Å². The summed E-state index contributed by atoms with van der Waals surface area (Å²) in [4.78, 5) is 90.0. The Bertz CT molecular complexity index is 5680. The van der Waals surface area contributed by atoms with Crippen molar-refractivity contribution in [2.75, 3.05) is 58.6 Å². The number of rotatable bonds is 20. The molecule has 692 valence electrons. The molecule has 12 aromatic rings. The van der Waals surface area contributed by atoms with E-state index in [0.717, 1.165) is 105 Å². The number of nitrogens with one attached hydrogen (secondary N) is 5. The van der Waals surface area contributed by atoms with E-state index in [2.05, 4.69) is 26.6 Å². The van der Waals surface area contributed by atoms with E-state index in [-0.39, 0.29) is 113 Å². The molecule has 19 nitrogen and oxygen atoms in total. The summed E-state index contributed by atoms with van der Waals surface area (Å²) in [6, 6.07) is 60.2. The molecular formula is C99H93F13N8O11S. The average Bonchev–Trinajstić information content (AvgIpc) is 0.792. The lowest BCUT2D eigenvalue weighted by atomic mass is 9.92. The van der Waals surface area contributed by atoms with Crippen LogP contribution in [-0.2, 0) is 39.1 Å². The second-order valence-corrected chi connectivity index (χ2v) is 32.7. The molecule has 2 unspecified atom stereocenters. The normalized spacial score (nSPS) is 15.0. The molecule has 4 aliphatic heterocycles. The molecule has 0 aromatic heterocycles. The SMILES string of the molecule is CC(=O)N1CC(C(C)NC(=O)c2ccc3c(Oc4ccc(C(F)(F)F)cc4)cccc3c2)C1.CC(=O)N1CC([C@@H](C)NC(=O)c2ccc3c(Oc4ccc(C(F)(F)F)cc4)cccc3c2)C1.CC(=O)N1CC([C@H](C)NC(=O)c2ccc3c(Oc4ccc(C(F)(F)F)cc4)cccc3c2)C1.CC(NC(=O)c1ccc2c(Oc3ccc(C(F)(F)F)cc3)cccc2c1)C1CNC1.CSF.